The number of hydrogen-bond donors (Lipinski definition) is 2. The van der Waals surface area contributed by atoms with Crippen LogP contribution in [0, 0.1) is 12.8 Å². The summed E-state index contributed by atoms with van der Waals surface area (Å²) in [5.74, 6) is 1.33. The quantitative estimate of drug-likeness (QED) is 0.856. The van der Waals surface area contributed by atoms with Crippen molar-refractivity contribution in [2.75, 3.05) is 13.1 Å². The molecule has 2 nitrogen and oxygen atoms in total. The molecule has 1 aliphatic heterocycles. The maximum atomic E-state index is 6.42. The Morgan fingerprint density at radius 2 is 2.17 bits per heavy atom. The average molecular weight is 246 g/mol. The third-order valence-corrected chi connectivity index (χ3v) is 4.12. The van der Waals surface area contributed by atoms with Crippen molar-refractivity contribution in [3.63, 3.8) is 0 Å². The van der Waals surface area contributed by atoms with Crippen LogP contribution in [0.25, 0.3) is 0 Å². The highest BCUT2D eigenvalue weighted by Gasteiger charge is 2.20. The summed E-state index contributed by atoms with van der Waals surface area (Å²) in [4.78, 5) is 0. The van der Waals surface area contributed by atoms with Crippen LogP contribution in [0.15, 0.2) is 18.2 Å². The van der Waals surface area contributed by atoms with E-state index in [-0.39, 0.29) is 6.04 Å². The average Bonchev–Trinajstić information content (AvgIpc) is 2.81. The predicted octanol–water partition coefficient (Wildman–Crippen LogP) is 3.12. The van der Waals surface area contributed by atoms with Crippen molar-refractivity contribution in [3.05, 3.63) is 34.9 Å². The Morgan fingerprint density at radius 3 is 2.78 bits per heavy atom. The largest absolute Gasteiger partial charge is 0.324 e. The van der Waals surface area contributed by atoms with Crippen molar-refractivity contribution in [2.24, 2.45) is 11.7 Å². The molecule has 2 atom stereocenters. The summed E-state index contributed by atoms with van der Waals surface area (Å²) in [6.07, 6.45) is 2.38. The van der Waals surface area contributed by atoms with Crippen molar-refractivity contribution in [1.29, 1.82) is 0 Å². The third-order valence-electron chi connectivity index (χ3n) is 4.12. The molecule has 1 aromatic carbocycles. The van der Waals surface area contributed by atoms with Gasteiger partial charge in [0, 0.05) is 6.04 Å². The molecule has 1 aliphatic rings. The number of benzene rings is 1. The van der Waals surface area contributed by atoms with Crippen LogP contribution in [-0.2, 0) is 0 Å². The van der Waals surface area contributed by atoms with E-state index in [1.165, 1.54) is 23.1 Å². The molecule has 0 bridgehead atoms. The van der Waals surface area contributed by atoms with Gasteiger partial charge in [0.05, 0.1) is 0 Å². The predicted molar refractivity (Wildman–Crippen MR) is 77.8 cm³/mol. The van der Waals surface area contributed by atoms with E-state index in [9.17, 15) is 0 Å². The zero-order valence-corrected chi connectivity index (χ0v) is 11.9. The molecule has 1 heterocycles. The normalized spacial score (nSPS) is 21.5. The molecule has 1 saturated heterocycles. The van der Waals surface area contributed by atoms with Crippen LogP contribution in [0.2, 0.25) is 0 Å². The molecule has 18 heavy (non-hydrogen) atoms. The minimum atomic E-state index is 0.189. The van der Waals surface area contributed by atoms with Crippen LogP contribution in [0.5, 0.6) is 0 Å². The zero-order valence-electron chi connectivity index (χ0n) is 11.9. The molecule has 1 fully saturated rings. The second-order valence-electron chi connectivity index (χ2n) is 5.97. The first kappa shape index (κ1) is 13.6. The van der Waals surface area contributed by atoms with E-state index in [4.69, 9.17) is 5.73 Å². The highest BCUT2D eigenvalue weighted by Crippen LogP contribution is 2.27. The number of rotatable bonds is 4. The fourth-order valence-corrected chi connectivity index (χ4v) is 2.82. The fraction of sp³-hybridized carbons (Fsp3) is 0.625. The van der Waals surface area contributed by atoms with Crippen LogP contribution in [0.1, 0.15) is 55.3 Å². The summed E-state index contributed by atoms with van der Waals surface area (Å²) >= 11 is 0. The van der Waals surface area contributed by atoms with Gasteiger partial charge in [0.1, 0.15) is 0 Å². The Bertz CT molecular complexity index is 392. The molecule has 2 unspecified atom stereocenters. The highest BCUT2D eigenvalue weighted by molar-refractivity contribution is 5.34. The molecular formula is C16H26N2. The molecule has 0 radical (unpaired) electrons. The van der Waals surface area contributed by atoms with Crippen molar-refractivity contribution >= 4 is 0 Å². The fourth-order valence-electron chi connectivity index (χ4n) is 2.82. The van der Waals surface area contributed by atoms with Crippen LogP contribution in [0.4, 0.5) is 0 Å². The van der Waals surface area contributed by atoms with Gasteiger partial charge in [0.2, 0.25) is 0 Å². The van der Waals surface area contributed by atoms with Gasteiger partial charge in [-0.15, -0.1) is 0 Å². The lowest BCUT2D eigenvalue weighted by atomic mass is 9.89. The topological polar surface area (TPSA) is 38.0 Å². The molecule has 100 valence electrons. The third kappa shape index (κ3) is 3.12. The van der Waals surface area contributed by atoms with E-state index in [0.29, 0.717) is 5.92 Å². The lowest BCUT2D eigenvalue weighted by Gasteiger charge is -2.20. The SMILES string of the molecule is Cc1ccc(C(C)C)cc1C(N)CC1CCNC1. The Morgan fingerprint density at radius 1 is 1.39 bits per heavy atom. The van der Waals surface area contributed by atoms with E-state index in [0.717, 1.165) is 25.4 Å². The summed E-state index contributed by atoms with van der Waals surface area (Å²) < 4.78 is 0. The van der Waals surface area contributed by atoms with E-state index >= 15 is 0 Å². The van der Waals surface area contributed by atoms with Crippen molar-refractivity contribution in [3.8, 4) is 0 Å². The number of nitrogens with two attached hydrogens (primary N) is 1. The maximum absolute atomic E-state index is 6.42. The van der Waals surface area contributed by atoms with Gasteiger partial charge in [-0.25, -0.2) is 0 Å². The molecule has 0 spiro atoms. The van der Waals surface area contributed by atoms with E-state index in [2.05, 4.69) is 44.3 Å². The van der Waals surface area contributed by atoms with Gasteiger partial charge in [0.25, 0.3) is 0 Å². The van der Waals surface area contributed by atoms with Crippen LogP contribution < -0.4 is 11.1 Å². The molecule has 0 saturated carbocycles. The van der Waals surface area contributed by atoms with Crippen LogP contribution in [0.3, 0.4) is 0 Å². The molecular weight excluding hydrogens is 220 g/mol. The zero-order chi connectivity index (χ0) is 13.1. The molecule has 0 aliphatic carbocycles. The Balaban J connectivity index is 2.12. The minimum absolute atomic E-state index is 0.189. The lowest BCUT2D eigenvalue weighted by Crippen LogP contribution is -2.18. The second kappa shape index (κ2) is 5.85. The second-order valence-corrected chi connectivity index (χ2v) is 5.97. The molecule has 3 N–H and O–H groups in total. The van der Waals surface area contributed by atoms with E-state index < -0.39 is 0 Å². The first-order valence-electron chi connectivity index (χ1n) is 7.14. The van der Waals surface area contributed by atoms with Gasteiger partial charge in [-0.05, 0) is 61.4 Å². The van der Waals surface area contributed by atoms with Gasteiger partial charge >= 0.3 is 0 Å². The molecule has 2 heteroatoms. The van der Waals surface area contributed by atoms with Crippen LogP contribution >= 0.6 is 0 Å². The van der Waals surface area contributed by atoms with Crippen LogP contribution in [-0.4, -0.2) is 13.1 Å². The van der Waals surface area contributed by atoms with E-state index in [1.807, 2.05) is 0 Å². The maximum Gasteiger partial charge on any atom is 0.0300 e. The molecule has 0 amide bonds. The molecule has 0 aromatic heterocycles. The monoisotopic (exact) mass is 246 g/mol. The highest BCUT2D eigenvalue weighted by atomic mass is 14.9. The first-order chi connectivity index (χ1) is 8.58. The van der Waals surface area contributed by atoms with Gasteiger partial charge in [0.15, 0.2) is 0 Å². The summed E-state index contributed by atoms with van der Waals surface area (Å²) in [5, 5.41) is 3.42. The Hall–Kier alpha value is -0.860. The number of hydrogen-bond acceptors (Lipinski definition) is 2. The van der Waals surface area contributed by atoms with Gasteiger partial charge in [-0.2, -0.15) is 0 Å². The van der Waals surface area contributed by atoms with E-state index in [1.54, 1.807) is 0 Å². The summed E-state index contributed by atoms with van der Waals surface area (Å²) in [5.41, 5.74) is 10.5. The molecule has 1 aromatic rings. The Labute approximate surface area is 111 Å². The van der Waals surface area contributed by atoms with Crippen molar-refractivity contribution in [1.82, 2.24) is 5.32 Å². The first-order valence-corrected chi connectivity index (χ1v) is 7.14. The van der Waals surface area contributed by atoms with Gasteiger partial charge in [-0.3, -0.25) is 0 Å². The Kier molecular flexibility index (Phi) is 4.41. The smallest absolute Gasteiger partial charge is 0.0300 e. The lowest BCUT2D eigenvalue weighted by molar-refractivity contribution is 0.471. The van der Waals surface area contributed by atoms with Crippen molar-refractivity contribution < 1.29 is 0 Å². The standard InChI is InChI=1S/C16H26N2/c1-11(2)14-5-4-12(3)15(9-14)16(17)8-13-6-7-18-10-13/h4-5,9,11,13,16,18H,6-8,10,17H2,1-3H3. The summed E-state index contributed by atoms with van der Waals surface area (Å²) in [7, 11) is 0. The number of aryl methyl sites for hydroxylation is 1. The number of nitrogens with one attached hydrogen (secondary N) is 1. The minimum Gasteiger partial charge on any atom is -0.324 e. The summed E-state index contributed by atoms with van der Waals surface area (Å²) in [6, 6.07) is 6.95. The molecule has 2 rings (SSSR count). The van der Waals surface area contributed by atoms with Gasteiger partial charge in [-0.1, -0.05) is 32.0 Å². The van der Waals surface area contributed by atoms with Crippen molar-refractivity contribution in [2.45, 2.75) is 45.6 Å². The summed E-state index contributed by atoms with van der Waals surface area (Å²) in [6.45, 7) is 8.94. The van der Waals surface area contributed by atoms with Gasteiger partial charge < -0.3 is 11.1 Å².